The zero-order chi connectivity index (χ0) is 22.1. The molecule has 2 rings (SSSR count). The summed E-state index contributed by atoms with van der Waals surface area (Å²) in [6.07, 6.45) is 0.487. The highest BCUT2D eigenvalue weighted by Gasteiger charge is 2.16. The van der Waals surface area contributed by atoms with Crippen molar-refractivity contribution in [2.45, 2.75) is 6.42 Å². The molecule has 0 saturated heterocycles. The molecule has 160 valence electrons. The summed E-state index contributed by atoms with van der Waals surface area (Å²) in [6.45, 7) is 0.258. The molecule has 2 aromatic carbocycles. The molecule has 0 aliphatic rings. The molecule has 0 spiro atoms. The Balaban J connectivity index is 1.85. The molecule has 0 saturated carbocycles. The van der Waals surface area contributed by atoms with Crippen molar-refractivity contribution in [2.75, 3.05) is 26.8 Å². The van der Waals surface area contributed by atoms with Crippen molar-refractivity contribution >= 4 is 29.3 Å². The number of nitrogens with two attached hydrogens (primary N) is 1. The molecule has 0 aromatic heterocycles. The van der Waals surface area contributed by atoms with Crippen LogP contribution in [0.4, 0.5) is 0 Å². The maximum Gasteiger partial charge on any atom is 0.255 e. The van der Waals surface area contributed by atoms with Crippen molar-refractivity contribution in [3.8, 4) is 17.2 Å². The van der Waals surface area contributed by atoms with E-state index in [1.807, 2.05) is 0 Å². The number of hydrogen-bond donors (Lipinski definition) is 4. The number of phenols is 1. The standard InChI is InChI=1S/C20H22ClN3O6/c1-29-16-10-13(9-15(21)18(16)30-11-17(22)26)20(28)24-7-3-6-23-19(27)12-4-2-5-14(25)8-12/h2,4-5,8-10,25H,3,6-7,11H2,1H3,(H2,22,26)(H,23,27)(H,24,28). The van der Waals surface area contributed by atoms with E-state index in [1.54, 1.807) is 12.1 Å². The van der Waals surface area contributed by atoms with Gasteiger partial charge in [0, 0.05) is 24.2 Å². The Bertz CT molecular complexity index is 935. The Hall–Kier alpha value is -3.46. The molecule has 30 heavy (non-hydrogen) atoms. The van der Waals surface area contributed by atoms with Crippen LogP contribution >= 0.6 is 11.6 Å². The number of carbonyl (C=O) groups is 3. The van der Waals surface area contributed by atoms with Crippen molar-refractivity contribution in [1.29, 1.82) is 0 Å². The summed E-state index contributed by atoms with van der Waals surface area (Å²) in [5.74, 6) is -1.08. The molecule has 9 nitrogen and oxygen atoms in total. The summed E-state index contributed by atoms with van der Waals surface area (Å²) in [4.78, 5) is 35.2. The van der Waals surface area contributed by atoms with E-state index in [-0.39, 0.29) is 40.3 Å². The predicted molar refractivity (Wildman–Crippen MR) is 110 cm³/mol. The van der Waals surface area contributed by atoms with Gasteiger partial charge in [0.25, 0.3) is 17.7 Å². The van der Waals surface area contributed by atoms with Crippen LogP contribution in [0.3, 0.4) is 0 Å². The number of primary amides is 1. The maximum atomic E-state index is 12.3. The monoisotopic (exact) mass is 435 g/mol. The molecule has 2 aromatic rings. The third kappa shape index (κ3) is 6.56. The second kappa shape index (κ2) is 10.9. The molecule has 0 radical (unpaired) electrons. The van der Waals surface area contributed by atoms with Crippen LogP contribution in [-0.2, 0) is 4.79 Å². The van der Waals surface area contributed by atoms with E-state index < -0.39 is 11.8 Å². The Labute approximate surface area is 178 Å². The topological polar surface area (TPSA) is 140 Å². The highest BCUT2D eigenvalue weighted by Crippen LogP contribution is 2.36. The number of carbonyl (C=O) groups excluding carboxylic acids is 3. The van der Waals surface area contributed by atoms with E-state index in [4.69, 9.17) is 26.8 Å². The van der Waals surface area contributed by atoms with Gasteiger partial charge in [-0.2, -0.15) is 0 Å². The summed E-state index contributed by atoms with van der Waals surface area (Å²) < 4.78 is 10.4. The first-order valence-electron chi connectivity index (χ1n) is 8.96. The quantitative estimate of drug-likeness (QED) is 0.416. The van der Waals surface area contributed by atoms with Crippen LogP contribution in [0.15, 0.2) is 36.4 Å². The lowest BCUT2D eigenvalue weighted by Crippen LogP contribution is -2.30. The SMILES string of the molecule is COc1cc(C(=O)NCCCNC(=O)c2cccc(O)c2)cc(Cl)c1OCC(N)=O. The predicted octanol–water partition coefficient (Wildman–Crippen LogP) is 1.47. The van der Waals surface area contributed by atoms with E-state index in [2.05, 4.69) is 10.6 Å². The van der Waals surface area contributed by atoms with E-state index in [0.29, 0.717) is 25.1 Å². The number of ether oxygens (including phenoxy) is 2. The number of methoxy groups -OCH3 is 1. The Morgan fingerprint density at radius 1 is 1.07 bits per heavy atom. The van der Waals surface area contributed by atoms with E-state index in [1.165, 1.54) is 31.4 Å². The second-order valence-electron chi connectivity index (χ2n) is 6.16. The average molecular weight is 436 g/mol. The highest BCUT2D eigenvalue weighted by molar-refractivity contribution is 6.32. The van der Waals surface area contributed by atoms with Gasteiger partial charge >= 0.3 is 0 Å². The minimum Gasteiger partial charge on any atom is -0.508 e. The molecule has 0 aliphatic carbocycles. The number of benzene rings is 2. The van der Waals surface area contributed by atoms with Crippen LogP contribution in [0.1, 0.15) is 27.1 Å². The minimum atomic E-state index is -0.675. The zero-order valence-corrected chi connectivity index (χ0v) is 17.0. The molecule has 0 fully saturated rings. The molecule has 5 N–H and O–H groups in total. The van der Waals surface area contributed by atoms with Gasteiger partial charge in [0.05, 0.1) is 12.1 Å². The fraction of sp³-hybridized carbons (Fsp3) is 0.250. The number of halogens is 1. The van der Waals surface area contributed by atoms with Gasteiger partial charge in [0.1, 0.15) is 5.75 Å². The Morgan fingerprint density at radius 3 is 2.33 bits per heavy atom. The molecule has 3 amide bonds. The van der Waals surface area contributed by atoms with Gasteiger partial charge in [-0.25, -0.2) is 0 Å². The van der Waals surface area contributed by atoms with Crippen LogP contribution in [0, 0.1) is 0 Å². The molecular weight excluding hydrogens is 414 g/mol. The van der Waals surface area contributed by atoms with Gasteiger partial charge in [-0.1, -0.05) is 17.7 Å². The second-order valence-corrected chi connectivity index (χ2v) is 6.57. The lowest BCUT2D eigenvalue weighted by atomic mass is 10.2. The number of aromatic hydroxyl groups is 1. The summed E-state index contributed by atoms with van der Waals surface area (Å²) in [5, 5.41) is 14.9. The van der Waals surface area contributed by atoms with Crippen LogP contribution in [0.5, 0.6) is 17.2 Å². The molecule has 0 bridgehead atoms. The number of hydrogen-bond acceptors (Lipinski definition) is 6. The van der Waals surface area contributed by atoms with Gasteiger partial charge in [-0.05, 0) is 36.8 Å². The maximum absolute atomic E-state index is 12.3. The molecular formula is C20H22ClN3O6. The normalized spacial score (nSPS) is 10.2. The third-order valence-corrected chi connectivity index (χ3v) is 4.16. The summed E-state index contributed by atoms with van der Waals surface area (Å²) in [7, 11) is 1.37. The van der Waals surface area contributed by atoms with Gasteiger partial charge < -0.3 is 30.9 Å². The summed E-state index contributed by atoms with van der Waals surface area (Å²) in [5.41, 5.74) is 5.64. The number of amides is 3. The molecule has 10 heteroatoms. The zero-order valence-electron chi connectivity index (χ0n) is 16.2. The molecule has 0 aliphatic heterocycles. The summed E-state index contributed by atoms with van der Waals surface area (Å²) in [6, 6.07) is 8.83. The molecule has 0 unspecified atom stereocenters. The van der Waals surface area contributed by atoms with Crippen LogP contribution in [-0.4, -0.2) is 49.6 Å². The van der Waals surface area contributed by atoms with Crippen LogP contribution in [0.2, 0.25) is 5.02 Å². The van der Waals surface area contributed by atoms with Gasteiger partial charge in [0.15, 0.2) is 18.1 Å². The molecule has 0 heterocycles. The minimum absolute atomic E-state index is 0.00930. The first-order valence-corrected chi connectivity index (χ1v) is 9.33. The lowest BCUT2D eigenvalue weighted by Gasteiger charge is -2.13. The van der Waals surface area contributed by atoms with E-state index in [0.717, 1.165) is 0 Å². The number of rotatable bonds is 10. The summed E-state index contributed by atoms with van der Waals surface area (Å²) >= 11 is 6.13. The fourth-order valence-electron chi connectivity index (χ4n) is 2.48. The van der Waals surface area contributed by atoms with Crippen molar-refractivity contribution in [2.24, 2.45) is 5.73 Å². The number of nitrogens with one attached hydrogen (secondary N) is 2. The smallest absolute Gasteiger partial charge is 0.255 e. The average Bonchev–Trinajstić information content (AvgIpc) is 2.71. The lowest BCUT2D eigenvalue weighted by molar-refractivity contribution is -0.119. The van der Waals surface area contributed by atoms with Crippen LogP contribution in [0.25, 0.3) is 0 Å². The van der Waals surface area contributed by atoms with Gasteiger partial charge in [-0.3, -0.25) is 14.4 Å². The Morgan fingerprint density at radius 2 is 1.73 bits per heavy atom. The fourth-order valence-corrected chi connectivity index (χ4v) is 2.74. The largest absolute Gasteiger partial charge is 0.508 e. The van der Waals surface area contributed by atoms with Crippen molar-refractivity contribution in [1.82, 2.24) is 10.6 Å². The van der Waals surface area contributed by atoms with E-state index in [9.17, 15) is 19.5 Å². The molecule has 0 atom stereocenters. The van der Waals surface area contributed by atoms with E-state index >= 15 is 0 Å². The van der Waals surface area contributed by atoms with Crippen molar-refractivity contribution < 1.29 is 29.0 Å². The van der Waals surface area contributed by atoms with Crippen molar-refractivity contribution in [3.05, 3.63) is 52.5 Å². The van der Waals surface area contributed by atoms with Gasteiger partial charge in [-0.15, -0.1) is 0 Å². The highest BCUT2D eigenvalue weighted by atomic mass is 35.5. The third-order valence-electron chi connectivity index (χ3n) is 3.88. The number of phenolic OH excluding ortho intramolecular Hbond substituents is 1. The first kappa shape index (κ1) is 22.8. The Kier molecular flexibility index (Phi) is 8.30. The first-order chi connectivity index (χ1) is 14.3. The van der Waals surface area contributed by atoms with Crippen LogP contribution < -0.4 is 25.8 Å². The van der Waals surface area contributed by atoms with Gasteiger partial charge in [0.2, 0.25) is 0 Å². The van der Waals surface area contributed by atoms with Crippen molar-refractivity contribution in [3.63, 3.8) is 0 Å².